The Morgan fingerprint density at radius 1 is 1.25 bits per heavy atom. The number of anilines is 2. The molecular weight excluding hydrogens is 378 g/mol. The minimum atomic E-state index is -0.266. The van der Waals surface area contributed by atoms with Gasteiger partial charge in [-0.15, -0.1) is 5.10 Å². The molecule has 142 valence electrons. The van der Waals surface area contributed by atoms with Gasteiger partial charge in [0.2, 0.25) is 0 Å². The fraction of sp³-hybridized carbons (Fsp3) is 0.105. The van der Waals surface area contributed by atoms with Crippen LogP contribution in [0.15, 0.2) is 60.9 Å². The van der Waals surface area contributed by atoms with Crippen LogP contribution in [0.3, 0.4) is 0 Å². The minimum absolute atomic E-state index is 0.0144. The first kappa shape index (κ1) is 19.2. The quantitative estimate of drug-likeness (QED) is 0.455. The van der Waals surface area contributed by atoms with Crippen molar-refractivity contribution >= 4 is 34.8 Å². The van der Waals surface area contributed by atoms with Crippen LogP contribution in [-0.2, 0) is 0 Å². The number of hydrogen-bond acceptors (Lipinski definition) is 6. The first-order valence-electron chi connectivity index (χ1n) is 8.35. The smallest absolute Gasteiger partial charge is 0.255 e. The van der Waals surface area contributed by atoms with Gasteiger partial charge in [-0.25, -0.2) is 0 Å². The normalized spacial score (nSPS) is 10.4. The van der Waals surface area contributed by atoms with Crippen LogP contribution < -0.4 is 10.8 Å². The first-order chi connectivity index (χ1) is 13.4. The zero-order valence-electron chi connectivity index (χ0n) is 15.1. The molecule has 0 saturated carbocycles. The number of aromatic nitrogens is 3. The van der Waals surface area contributed by atoms with E-state index in [1.807, 2.05) is 6.07 Å². The maximum absolute atomic E-state index is 12.4. The number of likely N-dealkylation sites (N-methyl/N-ethyl adjacent to an activating group) is 1. The summed E-state index contributed by atoms with van der Waals surface area (Å²) in [5.74, 6) is 0.168. The number of carbonyl (C=O) groups excluding carboxylic acids is 1. The van der Waals surface area contributed by atoms with Crippen molar-refractivity contribution in [3.63, 3.8) is 0 Å². The molecule has 8 nitrogen and oxygen atoms in total. The van der Waals surface area contributed by atoms with E-state index < -0.39 is 0 Å². The Hall–Kier alpha value is -3.52. The maximum atomic E-state index is 12.4. The van der Waals surface area contributed by atoms with Crippen molar-refractivity contribution < 1.29 is 4.79 Å². The van der Waals surface area contributed by atoms with Crippen molar-refractivity contribution in [1.29, 1.82) is 10.8 Å². The van der Waals surface area contributed by atoms with E-state index in [1.54, 1.807) is 49.6 Å². The summed E-state index contributed by atoms with van der Waals surface area (Å²) in [6.07, 6.45) is 3.06. The number of halogens is 1. The van der Waals surface area contributed by atoms with Crippen molar-refractivity contribution in [3.8, 4) is 0 Å². The van der Waals surface area contributed by atoms with Crippen molar-refractivity contribution in [1.82, 2.24) is 19.7 Å². The molecule has 3 aromatic rings. The molecule has 0 fully saturated rings. The van der Waals surface area contributed by atoms with Crippen LogP contribution in [0.1, 0.15) is 10.4 Å². The molecule has 3 rings (SSSR count). The molecule has 0 radical (unpaired) electrons. The van der Waals surface area contributed by atoms with Crippen LogP contribution in [0.5, 0.6) is 0 Å². The van der Waals surface area contributed by atoms with Crippen LogP contribution in [0.2, 0.25) is 5.02 Å². The highest BCUT2D eigenvalue weighted by Gasteiger charge is 2.15. The first-order valence-corrected chi connectivity index (χ1v) is 8.72. The second-order valence-corrected chi connectivity index (χ2v) is 6.44. The molecule has 1 amide bonds. The molecule has 0 atom stereocenters. The highest BCUT2D eigenvalue weighted by atomic mass is 35.5. The Morgan fingerprint density at radius 3 is 2.79 bits per heavy atom. The molecule has 0 aliphatic rings. The van der Waals surface area contributed by atoms with Gasteiger partial charge in [0, 0.05) is 30.2 Å². The Morgan fingerprint density at radius 2 is 2.07 bits per heavy atom. The van der Waals surface area contributed by atoms with E-state index in [2.05, 4.69) is 15.4 Å². The molecule has 0 bridgehead atoms. The van der Waals surface area contributed by atoms with Crippen LogP contribution in [0.4, 0.5) is 11.5 Å². The highest BCUT2D eigenvalue weighted by molar-refractivity contribution is 6.30. The highest BCUT2D eigenvalue weighted by Crippen LogP contribution is 2.18. The van der Waals surface area contributed by atoms with E-state index in [0.29, 0.717) is 16.4 Å². The molecule has 0 saturated heterocycles. The summed E-state index contributed by atoms with van der Waals surface area (Å²) < 4.78 is 1.17. The number of nitrogens with one attached hydrogen (secondary N) is 3. The summed E-state index contributed by atoms with van der Waals surface area (Å²) >= 11 is 5.98. The van der Waals surface area contributed by atoms with Crippen LogP contribution >= 0.6 is 11.6 Å². The summed E-state index contributed by atoms with van der Waals surface area (Å²) in [4.78, 5) is 17.7. The fourth-order valence-corrected chi connectivity index (χ4v) is 2.67. The molecule has 2 heterocycles. The monoisotopic (exact) mass is 395 g/mol. The standard InChI is InChI=1S/C19H18ClN7O/c1-26(19(28)13-4-3-9-23-11-13)12-17(22)27-16(21)7-8-18(25-27)24-15-6-2-5-14(20)10-15/h2-11,21-22H,12H2,1H3,(H,24,25). The molecular formula is C19H18ClN7O. The molecule has 0 unspecified atom stereocenters. The van der Waals surface area contributed by atoms with Gasteiger partial charge in [-0.3, -0.25) is 20.6 Å². The average Bonchev–Trinajstić information content (AvgIpc) is 2.69. The van der Waals surface area contributed by atoms with E-state index >= 15 is 0 Å². The number of rotatable bonds is 5. The number of hydrogen-bond donors (Lipinski definition) is 3. The Kier molecular flexibility index (Phi) is 5.81. The van der Waals surface area contributed by atoms with Gasteiger partial charge in [-0.1, -0.05) is 17.7 Å². The molecule has 3 N–H and O–H groups in total. The van der Waals surface area contributed by atoms with Crippen LogP contribution in [0.25, 0.3) is 0 Å². The van der Waals surface area contributed by atoms with E-state index in [9.17, 15) is 4.79 Å². The second kappa shape index (κ2) is 8.45. The summed E-state index contributed by atoms with van der Waals surface area (Å²) in [6.45, 7) is -0.0160. The van der Waals surface area contributed by atoms with Gasteiger partial charge in [-0.05, 0) is 42.5 Å². The Labute approximate surface area is 166 Å². The third-order valence-corrected chi connectivity index (χ3v) is 4.06. The molecule has 2 aromatic heterocycles. The molecule has 0 aliphatic carbocycles. The van der Waals surface area contributed by atoms with Gasteiger partial charge < -0.3 is 10.2 Å². The number of amides is 1. The summed E-state index contributed by atoms with van der Waals surface area (Å²) in [6, 6.07) is 13.6. The van der Waals surface area contributed by atoms with E-state index in [0.717, 1.165) is 5.69 Å². The number of benzene rings is 1. The van der Waals surface area contributed by atoms with Gasteiger partial charge in [0.25, 0.3) is 5.91 Å². The topological polar surface area (TPSA) is 111 Å². The largest absolute Gasteiger partial charge is 0.339 e. The average molecular weight is 396 g/mol. The van der Waals surface area contributed by atoms with Crippen molar-refractivity contribution in [2.45, 2.75) is 0 Å². The SMILES string of the molecule is CN(CC(=N)n1nc(Nc2cccc(Cl)c2)ccc1=N)C(=O)c1cccnc1. The van der Waals surface area contributed by atoms with Gasteiger partial charge in [0.15, 0.2) is 5.82 Å². The lowest BCUT2D eigenvalue weighted by molar-refractivity contribution is 0.0813. The predicted molar refractivity (Wildman–Crippen MR) is 107 cm³/mol. The molecule has 0 spiro atoms. The molecule has 0 aliphatic heterocycles. The number of carbonyl (C=O) groups is 1. The van der Waals surface area contributed by atoms with E-state index in [-0.39, 0.29) is 23.8 Å². The van der Waals surface area contributed by atoms with Crippen LogP contribution in [0, 0.1) is 10.8 Å². The van der Waals surface area contributed by atoms with Gasteiger partial charge in [0.05, 0.1) is 12.1 Å². The predicted octanol–water partition coefficient (Wildman–Crippen LogP) is 2.75. The van der Waals surface area contributed by atoms with Crippen LogP contribution in [-0.4, -0.2) is 45.0 Å². The summed E-state index contributed by atoms with van der Waals surface area (Å²) in [5, 5.41) is 24.3. The van der Waals surface area contributed by atoms with E-state index in [1.165, 1.54) is 21.8 Å². The zero-order valence-corrected chi connectivity index (χ0v) is 15.8. The van der Waals surface area contributed by atoms with E-state index in [4.69, 9.17) is 22.4 Å². The molecule has 9 heteroatoms. The van der Waals surface area contributed by atoms with Crippen molar-refractivity contribution in [2.24, 2.45) is 0 Å². The second-order valence-electron chi connectivity index (χ2n) is 6.00. The number of nitrogens with zero attached hydrogens (tertiary/aromatic N) is 4. The van der Waals surface area contributed by atoms with Gasteiger partial charge >= 0.3 is 0 Å². The summed E-state index contributed by atoms with van der Waals surface area (Å²) in [5.41, 5.74) is 1.20. The third kappa shape index (κ3) is 4.60. The molecule has 28 heavy (non-hydrogen) atoms. The van der Waals surface area contributed by atoms with Crippen molar-refractivity contribution in [2.75, 3.05) is 18.9 Å². The fourth-order valence-electron chi connectivity index (χ4n) is 2.48. The molecule has 1 aromatic carbocycles. The summed E-state index contributed by atoms with van der Waals surface area (Å²) in [7, 11) is 1.59. The zero-order chi connectivity index (χ0) is 20.1. The lowest BCUT2D eigenvalue weighted by Gasteiger charge is -2.18. The van der Waals surface area contributed by atoms with Gasteiger partial charge in [-0.2, -0.15) is 4.68 Å². The maximum Gasteiger partial charge on any atom is 0.255 e. The van der Waals surface area contributed by atoms with Crippen molar-refractivity contribution in [3.05, 3.63) is 77.0 Å². The lowest BCUT2D eigenvalue weighted by Crippen LogP contribution is -2.39. The van der Waals surface area contributed by atoms with Gasteiger partial charge in [0.1, 0.15) is 11.3 Å². The Bertz CT molecular complexity index is 1070. The minimum Gasteiger partial charge on any atom is -0.339 e. The number of pyridine rings is 1. The lowest BCUT2D eigenvalue weighted by atomic mass is 10.2. The third-order valence-electron chi connectivity index (χ3n) is 3.83. The Balaban J connectivity index is 1.76.